The molecular weight excluding hydrogens is 300 g/mol. The Bertz CT molecular complexity index is 558. The van der Waals surface area contributed by atoms with Crippen LogP contribution >= 0.6 is 0 Å². The van der Waals surface area contributed by atoms with Crippen molar-refractivity contribution < 1.29 is 13.2 Å². The number of benzene rings is 1. The lowest BCUT2D eigenvalue weighted by atomic mass is 10.2. The highest BCUT2D eigenvalue weighted by molar-refractivity contribution is 7.90. The van der Waals surface area contributed by atoms with E-state index in [1.165, 1.54) is 0 Å². The number of carbonyl (C=O) groups is 1. The molecule has 0 bridgehead atoms. The quantitative estimate of drug-likeness (QED) is 0.798. The number of nitrogens with one attached hydrogen (secondary N) is 1. The van der Waals surface area contributed by atoms with Gasteiger partial charge in [-0.1, -0.05) is 43.7 Å². The average Bonchev–Trinajstić information content (AvgIpc) is 2.46. The van der Waals surface area contributed by atoms with E-state index in [1.807, 2.05) is 25.1 Å². The summed E-state index contributed by atoms with van der Waals surface area (Å²) in [5, 5.41) is 2.67. The second-order valence-corrected chi connectivity index (χ2v) is 7.74. The third-order valence-corrected chi connectivity index (χ3v) is 5.21. The molecule has 1 aromatic carbocycles. The van der Waals surface area contributed by atoms with Gasteiger partial charge in [0.1, 0.15) is 0 Å². The zero-order valence-electron chi connectivity index (χ0n) is 13.6. The molecule has 0 saturated carbocycles. The molecule has 1 unspecified atom stereocenters. The summed E-state index contributed by atoms with van der Waals surface area (Å²) in [5.41, 5.74) is 0.766. The monoisotopic (exact) mass is 326 g/mol. The van der Waals surface area contributed by atoms with E-state index in [1.54, 1.807) is 24.1 Å². The maximum atomic E-state index is 12.0. The second-order valence-electron chi connectivity index (χ2n) is 5.56. The van der Waals surface area contributed by atoms with Crippen LogP contribution in [0, 0.1) is 0 Å². The molecule has 1 atom stereocenters. The highest BCUT2D eigenvalue weighted by atomic mass is 32.2. The van der Waals surface area contributed by atoms with Crippen LogP contribution in [0.25, 0.3) is 0 Å². The van der Waals surface area contributed by atoms with Crippen molar-refractivity contribution in [2.45, 2.75) is 38.5 Å². The number of carbonyl (C=O) groups excluding carboxylic acids is 1. The van der Waals surface area contributed by atoms with E-state index in [0.717, 1.165) is 18.4 Å². The largest absolute Gasteiger partial charge is 0.337 e. The molecule has 0 fully saturated rings. The van der Waals surface area contributed by atoms with Crippen LogP contribution in [-0.4, -0.2) is 44.7 Å². The van der Waals surface area contributed by atoms with Gasteiger partial charge in [-0.3, -0.25) is 0 Å². The zero-order valence-corrected chi connectivity index (χ0v) is 14.4. The Hall–Kier alpha value is -1.56. The highest BCUT2D eigenvalue weighted by Gasteiger charge is 2.16. The molecule has 1 rings (SSSR count). The van der Waals surface area contributed by atoms with E-state index in [2.05, 4.69) is 12.2 Å². The molecule has 1 N–H and O–H groups in total. The van der Waals surface area contributed by atoms with Gasteiger partial charge in [0.05, 0.1) is 11.5 Å². The molecule has 0 spiro atoms. The van der Waals surface area contributed by atoms with Crippen LogP contribution in [0.4, 0.5) is 4.79 Å². The molecule has 6 heteroatoms. The SMILES string of the molecule is CCCC(C)N(C)C(=O)NCCS(=O)(=O)Cc1ccccc1. The van der Waals surface area contributed by atoms with Gasteiger partial charge in [0.25, 0.3) is 0 Å². The molecule has 2 amide bonds. The van der Waals surface area contributed by atoms with Gasteiger partial charge in [-0.15, -0.1) is 0 Å². The molecule has 0 saturated heterocycles. The van der Waals surface area contributed by atoms with Crippen molar-refractivity contribution in [1.29, 1.82) is 0 Å². The first-order chi connectivity index (χ1) is 10.4. The number of rotatable bonds is 8. The second kappa shape index (κ2) is 8.78. The topological polar surface area (TPSA) is 66.5 Å². The van der Waals surface area contributed by atoms with Crippen molar-refractivity contribution in [2.24, 2.45) is 0 Å². The Morgan fingerprint density at radius 1 is 1.27 bits per heavy atom. The van der Waals surface area contributed by atoms with E-state index in [9.17, 15) is 13.2 Å². The zero-order chi connectivity index (χ0) is 16.6. The molecule has 1 aromatic rings. The lowest BCUT2D eigenvalue weighted by Crippen LogP contribution is -2.43. The first-order valence-corrected chi connectivity index (χ1v) is 9.43. The lowest BCUT2D eigenvalue weighted by molar-refractivity contribution is 0.191. The van der Waals surface area contributed by atoms with Crippen LogP contribution in [0.15, 0.2) is 30.3 Å². The van der Waals surface area contributed by atoms with Gasteiger partial charge in [0.2, 0.25) is 0 Å². The summed E-state index contributed by atoms with van der Waals surface area (Å²) in [4.78, 5) is 13.5. The van der Waals surface area contributed by atoms with E-state index in [4.69, 9.17) is 0 Å². The molecule has 0 aliphatic rings. The van der Waals surface area contributed by atoms with Gasteiger partial charge in [-0.2, -0.15) is 0 Å². The molecule has 0 radical (unpaired) electrons. The van der Waals surface area contributed by atoms with Crippen molar-refractivity contribution in [3.05, 3.63) is 35.9 Å². The number of urea groups is 1. The van der Waals surface area contributed by atoms with E-state index >= 15 is 0 Å². The molecule has 124 valence electrons. The summed E-state index contributed by atoms with van der Waals surface area (Å²) >= 11 is 0. The van der Waals surface area contributed by atoms with E-state index < -0.39 is 9.84 Å². The predicted octanol–water partition coefficient (Wildman–Crippen LogP) is 2.43. The van der Waals surface area contributed by atoms with Gasteiger partial charge < -0.3 is 10.2 Å². The Labute approximate surface area is 133 Å². The van der Waals surface area contributed by atoms with Crippen LogP contribution in [0.1, 0.15) is 32.3 Å². The predicted molar refractivity (Wildman–Crippen MR) is 89.5 cm³/mol. The van der Waals surface area contributed by atoms with Crippen molar-refractivity contribution in [3.8, 4) is 0 Å². The fourth-order valence-corrected chi connectivity index (χ4v) is 3.41. The van der Waals surface area contributed by atoms with Crippen LogP contribution < -0.4 is 5.32 Å². The molecule has 0 aliphatic heterocycles. The average molecular weight is 326 g/mol. The number of hydrogen-bond acceptors (Lipinski definition) is 3. The van der Waals surface area contributed by atoms with Crippen molar-refractivity contribution in [3.63, 3.8) is 0 Å². The molecule has 0 aromatic heterocycles. The van der Waals surface area contributed by atoms with Gasteiger partial charge in [-0.25, -0.2) is 13.2 Å². The number of amides is 2. The van der Waals surface area contributed by atoms with Crippen LogP contribution in [-0.2, 0) is 15.6 Å². The van der Waals surface area contributed by atoms with Crippen molar-refractivity contribution >= 4 is 15.9 Å². The summed E-state index contributed by atoms with van der Waals surface area (Å²) < 4.78 is 24.0. The minimum Gasteiger partial charge on any atom is -0.337 e. The van der Waals surface area contributed by atoms with Crippen LogP contribution in [0.5, 0.6) is 0 Å². The minimum atomic E-state index is -3.22. The molecule has 5 nitrogen and oxygen atoms in total. The lowest BCUT2D eigenvalue weighted by Gasteiger charge is -2.24. The Kier molecular flexibility index (Phi) is 7.38. The smallest absolute Gasteiger partial charge is 0.317 e. The molecular formula is C16H26N2O3S. The number of sulfone groups is 1. The van der Waals surface area contributed by atoms with Gasteiger partial charge >= 0.3 is 6.03 Å². The first kappa shape index (κ1) is 18.5. The minimum absolute atomic E-state index is 0.00574. The fourth-order valence-electron chi connectivity index (χ4n) is 2.15. The van der Waals surface area contributed by atoms with E-state index in [-0.39, 0.29) is 30.1 Å². The Balaban J connectivity index is 2.41. The fraction of sp³-hybridized carbons (Fsp3) is 0.562. The van der Waals surface area contributed by atoms with Gasteiger partial charge in [0, 0.05) is 19.6 Å². The maximum Gasteiger partial charge on any atom is 0.317 e. The van der Waals surface area contributed by atoms with Crippen molar-refractivity contribution in [1.82, 2.24) is 10.2 Å². The van der Waals surface area contributed by atoms with Crippen LogP contribution in [0.2, 0.25) is 0 Å². The summed E-state index contributed by atoms with van der Waals surface area (Å²) in [6.07, 6.45) is 1.93. The Morgan fingerprint density at radius 2 is 1.91 bits per heavy atom. The number of hydrogen-bond donors (Lipinski definition) is 1. The summed E-state index contributed by atoms with van der Waals surface area (Å²) in [5.74, 6) is -0.0462. The normalized spacial score (nSPS) is 12.7. The summed E-state index contributed by atoms with van der Waals surface area (Å²) in [7, 11) is -1.49. The third-order valence-electron chi connectivity index (χ3n) is 3.61. The van der Waals surface area contributed by atoms with Gasteiger partial charge in [0.15, 0.2) is 9.84 Å². The van der Waals surface area contributed by atoms with Crippen LogP contribution in [0.3, 0.4) is 0 Å². The first-order valence-electron chi connectivity index (χ1n) is 7.60. The number of nitrogens with zero attached hydrogens (tertiary/aromatic N) is 1. The molecule has 22 heavy (non-hydrogen) atoms. The third kappa shape index (κ3) is 6.47. The van der Waals surface area contributed by atoms with E-state index in [0.29, 0.717) is 0 Å². The maximum absolute atomic E-state index is 12.0. The molecule has 0 aliphatic carbocycles. The summed E-state index contributed by atoms with van der Waals surface area (Å²) in [6.45, 7) is 4.19. The van der Waals surface area contributed by atoms with Crippen molar-refractivity contribution in [2.75, 3.05) is 19.3 Å². The highest BCUT2D eigenvalue weighted by Crippen LogP contribution is 2.06. The molecule has 0 heterocycles. The summed E-state index contributed by atoms with van der Waals surface area (Å²) in [6, 6.07) is 8.98. The Morgan fingerprint density at radius 3 is 2.50 bits per heavy atom. The van der Waals surface area contributed by atoms with Gasteiger partial charge in [-0.05, 0) is 18.9 Å². The standard InChI is InChI=1S/C16H26N2O3S/c1-4-8-14(2)18(3)16(19)17-11-12-22(20,21)13-15-9-6-5-7-10-15/h5-7,9-10,14H,4,8,11-13H2,1-3H3,(H,17,19).